The second kappa shape index (κ2) is 5.96. The van der Waals surface area contributed by atoms with Gasteiger partial charge in [-0.25, -0.2) is 0 Å². The zero-order valence-electron chi connectivity index (χ0n) is 12.2. The average Bonchev–Trinajstić information content (AvgIpc) is 2.52. The molecule has 1 N–H and O–H groups in total. The second-order valence-corrected chi connectivity index (χ2v) is 5.34. The molecule has 0 spiro atoms. The number of hydrogen-bond donors (Lipinski definition) is 1. The first-order valence-electron chi connectivity index (χ1n) is 7.49. The molecule has 0 aliphatic rings. The molecule has 0 saturated carbocycles. The molecule has 3 rings (SSSR count). The lowest BCUT2D eigenvalue weighted by molar-refractivity contribution is 0.0955. The van der Waals surface area contributed by atoms with Gasteiger partial charge in [0.05, 0.1) is 0 Å². The summed E-state index contributed by atoms with van der Waals surface area (Å²) in [5.41, 5.74) is 0.759. The molecule has 0 aromatic heterocycles. The van der Waals surface area contributed by atoms with Crippen molar-refractivity contribution in [1.29, 1.82) is 0 Å². The van der Waals surface area contributed by atoms with Gasteiger partial charge in [-0.05, 0) is 46.2 Å². The highest BCUT2D eigenvalue weighted by atomic mass is 16.1. The Kier molecular flexibility index (Phi) is 3.87. The van der Waals surface area contributed by atoms with E-state index in [0.29, 0.717) is 0 Å². The summed E-state index contributed by atoms with van der Waals surface area (Å²) in [4.78, 5) is 12.4. The maximum Gasteiger partial charge on any atom is 0.251 e. The van der Waals surface area contributed by atoms with Crippen molar-refractivity contribution in [3.63, 3.8) is 0 Å². The van der Waals surface area contributed by atoms with Crippen molar-refractivity contribution in [3.05, 3.63) is 60.2 Å². The Labute approximate surface area is 124 Å². The highest BCUT2D eigenvalue weighted by molar-refractivity contribution is 6.10. The number of benzene rings is 3. The zero-order chi connectivity index (χ0) is 14.7. The van der Waals surface area contributed by atoms with Crippen LogP contribution in [0, 0.1) is 0 Å². The van der Waals surface area contributed by atoms with Gasteiger partial charge in [0.15, 0.2) is 0 Å². The van der Waals surface area contributed by atoms with Gasteiger partial charge < -0.3 is 5.32 Å². The van der Waals surface area contributed by atoms with Gasteiger partial charge in [-0.1, -0.05) is 49.7 Å². The fourth-order valence-corrected chi connectivity index (χ4v) is 2.64. The van der Waals surface area contributed by atoms with E-state index in [0.717, 1.165) is 35.7 Å². The third kappa shape index (κ3) is 2.75. The standard InChI is InChI=1S/C19H19NO/c1-2-3-11-20-19(21)17-10-6-9-16-12-14-7-4-5-8-15(14)13-18(16)17/h4-10,12-13H,2-3,11H2,1H3,(H,20,21). The summed E-state index contributed by atoms with van der Waals surface area (Å²) in [6, 6.07) is 18.4. The molecule has 0 bridgehead atoms. The van der Waals surface area contributed by atoms with E-state index in [1.54, 1.807) is 0 Å². The molecule has 2 nitrogen and oxygen atoms in total. The molecule has 2 heteroatoms. The summed E-state index contributed by atoms with van der Waals surface area (Å²) in [5.74, 6) is 0.0179. The van der Waals surface area contributed by atoms with Crippen LogP contribution in [0.15, 0.2) is 54.6 Å². The van der Waals surface area contributed by atoms with E-state index in [-0.39, 0.29) is 5.91 Å². The van der Waals surface area contributed by atoms with Crippen LogP contribution in [-0.2, 0) is 0 Å². The van der Waals surface area contributed by atoms with E-state index in [4.69, 9.17) is 0 Å². The van der Waals surface area contributed by atoms with Crippen LogP contribution in [-0.4, -0.2) is 12.5 Å². The van der Waals surface area contributed by atoms with Crippen LogP contribution in [0.3, 0.4) is 0 Å². The number of hydrogen-bond acceptors (Lipinski definition) is 1. The summed E-state index contributed by atoms with van der Waals surface area (Å²) < 4.78 is 0. The van der Waals surface area contributed by atoms with Crippen molar-refractivity contribution in [1.82, 2.24) is 5.32 Å². The van der Waals surface area contributed by atoms with Crippen LogP contribution in [0.5, 0.6) is 0 Å². The number of unbranched alkanes of at least 4 members (excludes halogenated alkanes) is 1. The smallest absolute Gasteiger partial charge is 0.251 e. The van der Waals surface area contributed by atoms with Crippen molar-refractivity contribution in [2.75, 3.05) is 6.54 Å². The first-order valence-corrected chi connectivity index (χ1v) is 7.49. The molecule has 0 saturated heterocycles. The lowest BCUT2D eigenvalue weighted by atomic mass is 9.99. The molecule has 106 valence electrons. The summed E-state index contributed by atoms with van der Waals surface area (Å²) in [7, 11) is 0. The van der Waals surface area contributed by atoms with Crippen molar-refractivity contribution in [2.24, 2.45) is 0 Å². The minimum atomic E-state index is 0.0179. The Morgan fingerprint density at radius 2 is 1.67 bits per heavy atom. The van der Waals surface area contributed by atoms with Gasteiger partial charge in [-0.3, -0.25) is 4.79 Å². The Morgan fingerprint density at radius 1 is 0.952 bits per heavy atom. The third-order valence-electron chi connectivity index (χ3n) is 3.81. The van der Waals surface area contributed by atoms with E-state index < -0.39 is 0 Å². The minimum absolute atomic E-state index is 0.0179. The molecular formula is C19H19NO. The summed E-state index contributed by atoms with van der Waals surface area (Å²) in [5, 5.41) is 7.50. The maximum atomic E-state index is 12.4. The average molecular weight is 277 g/mol. The Bertz CT molecular complexity index is 792. The molecule has 21 heavy (non-hydrogen) atoms. The fourth-order valence-electron chi connectivity index (χ4n) is 2.64. The highest BCUT2D eigenvalue weighted by Gasteiger charge is 2.09. The predicted molar refractivity (Wildman–Crippen MR) is 88.7 cm³/mol. The van der Waals surface area contributed by atoms with Gasteiger partial charge in [0.1, 0.15) is 0 Å². The molecular weight excluding hydrogens is 258 g/mol. The van der Waals surface area contributed by atoms with Crippen LogP contribution in [0.1, 0.15) is 30.1 Å². The monoisotopic (exact) mass is 277 g/mol. The topological polar surface area (TPSA) is 29.1 Å². The van der Waals surface area contributed by atoms with Crippen molar-refractivity contribution in [3.8, 4) is 0 Å². The van der Waals surface area contributed by atoms with Gasteiger partial charge >= 0.3 is 0 Å². The highest BCUT2D eigenvalue weighted by Crippen LogP contribution is 2.25. The van der Waals surface area contributed by atoms with Crippen molar-refractivity contribution < 1.29 is 4.79 Å². The van der Waals surface area contributed by atoms with Gasteiger partial charge in [0, 0.05) is 12.1 Å². The molecule has 0 heterocycles. The van der Waals surface area contributed by atoms with Crippen LogP contribution in [0.25, 0.3) is 21.5 Å². The number of rotatable bonds is 4. The molecule has 0 atom stereocenters. The summed E-state index contributed by atoms with van der Waals surface area (Å²) >= 11 is 0. The predicted octanol–water partition coefficient (Wildman–Crippen LogP) is 4.52. The normalized spacial score (nSPS) is 10.9. The Balaban J connectivity index is 2.06. The molecule has 0 radical (unpaired) electrons. The van der Waals surface area contributed by atoms with Crippen LogP contribution < -0.4 is 5.32 Å². The largest absolute Gasteiger partial charge is 0.352 e. The molecule has 3 aromatic rings. The molecule has 0 aliphatic heterocycles. The minimum Gasteiger partial charge on any atom is -0.352 e. The molecule has 1 amide bonds. The number of fused-ring (bicyclic) bond motifs is 2. The van der Waals surface area contributed by atoms with Crippen LogP contribution in [0.2, 0.25) is 0 Å². The van der Waals surface area contributed by atoms with Crippen LogP contribution in [0.4, 0.5) is 0 Å². The van der Waals surface area contributed by atoms with Crippen LogP contribution >= 0.6 is 0 Å². The number of nitrogens with one attached hydrogen (secondary N) is 1. The molecule has 0 unspecified atom stereocenters. The van der Waals surface area contributed by atoms with Gasteiger partial charge in [0.2, 0.25) is 0 Å². The lowest BCUT2D eigenvalue weighted by Gasteiger charge is -2.09. The van der Waals surface area contributed by atoms with E-state index in [1.807, 2.05) is 24.3 Å². The van der Waals surface area contributed by atoms with E-state index in [1.165, 1.54) is 10.8 Å². The fraction of sp³-hybridized carbons (Fsp3) is 0.211. The third-order valence-corrected chi connectivity index (χ3v) is 3.81. The summed E-state index contributed by atoms with van der Waals surface area (Å²) in [6.07, 6.45) is 2.10. The van der Waals surface area contributed by atoms with Crippen molar-refractivity contribution in [2.45, 2.75) is 19.8 Å². The number of carbonyl (C=O) groups excluding carboxylic acids is 1. The quantitative estimate of drug-likeness (QED) is 0.551. The Morgan fingerprint density at radius 3 is 2.43 bits per heavy atom. The second-order valence-electron chi connectivity index (χ2n) is 5.34. The molecule has 0 fully saturated rings. The molecule has 0 aliphatic carbocycles. The van der Waals surface area contributed by atoms with E-state index in [2.05, 4.69) is 42.6 Å². The number of carbonyl (C=O) groups is 1. The first kappa shape index (κ1) is 13.6. The van der Waals surface area contributed by atoms with Gasteiger partial charge in [0.25, 0.3) is 5.91 Å². The van der Waals surface area contributed by atoms with Crippen molar-refractivity contribution >= 4 is 27.5 Å². The molecule has 3 aromatic carbocycles. The zero-order valence-corrected chi connectivity index (χ0v) is 12.2. The van der Waals surface area contributed by atoms with Gasteiger partial charge in [-0.2, -0.15) is 0 Å². The first-order chi connectivity index (χ1) is 10.3. The summed E-state index contributed by atoms with van der Waals surface area (Å²) in [6.45, 7) is 2.86. The number of amides is 1. The maximum absolute atomic E-state index is 12.4. The Hall–Kier alpha value is -2.35. The van der Waals surface area contributed by atoms with E-state index in [9.17, 15) is 4.79 Å². The van der Waals surface area contributed by atoms with E-state index >= 15 is 0 Å². The van der Waals surface area contributed by atoms with Gasteiger partial charge in [-0.15, -0.1) is 0 Å². The lowest BCUT2D eigenvalue weighted by Crippen LogP contribution is -2.24. The SMILES string of the molecule is CCCCNC(=O)c1cccc2cc3ccccc3cc12.